The molecule has 1 fully saturated rings. The first kappa shape index (κ1) is 26.4. The number of allylic oxidation sites excluding steroid dienone is 4. The van der Waals surface area contributed by atoms with E-state index in [0.29, 0.717) is 11.8 Å². The molecule has 1 unspecified atom stereocenters. The smallest absolute Gasteiger partial charge is 0.0922 e. The summed E-state index contributed by atoms with van der Waals surface area (Å²) in [5.74, 6) is 1.13. The minimum atomic E-state index is -0.0833. The van der Waals surface area contributed by atoms with E-state index in [1.165, 1.54) is 75.8 Å². The van der Waals surface area contributed by atoms with Gasteiger partial charge >= 0.3 is 0 Å². The molecule has 0 saturated heterocycles. The van der Waals surface area contributed by atoms with Crippen LogP contribution in [0.3, 0.4) is 0 Å². The van der Waals surface area contributed by atoms with Gasteiger partial charge in [0, 0.05) is 5.92 Å². The third-order valence-electron chi connectivity index (χ3n) is 8.32. The number of halogens is 1. The van der Waals surface area contributed by atoms with Crippen molar-refractivity contribution >= 4 is 22.8 Å². The second kappa shape index (κ2) is 12.6. The average molecular weight is 505 g/mol. The molecule has 3 aliphatic rings. The fraction of sp³-hybridized carbons (Fsp3) is 0.351. The van der Waals surface area contributed by atoms with Gasteiger partial charge in [0.25, 0.3) is 0 Å². The molecule has 0 amide bonds. The molecule has 0 bridgehead atoms. The van der Waals surface area contributed by atoms with Crippen LogP contribution in [-0.2, 0) is 6.42 Å². The Balaban J connectivity index is 0.000000366. The van der Waals surface area contributed by atoms with Crippen molar-refractivity contribution in [3.8, 4) is 0 Å². The van der Waals surface area contributed by atoms with Gasteiger partial charge in [-0.2, -0.15) is 0 Å². The summed E-state index contributed by atoms with van der Waals surface area (Å²) >= 11 is 0. The van der Waals surface area contributed by atoms with E-state index >= 15 is 0 Å². The molecule has 0 spiro atoms. The highest BCUT2D eigenvalue weighted by Crippen LogP contribution is 2.42. The number of hydrogen-bond acceptors (Lipinski definition) is 0. The van der Waals surface area contributed by atoms with Gasteiger partial charge in [0.2, 0.25) is 0 Å². The van der Waals surface area contributed by atoms with Crippen molar-refractivity contribution in [1.29, 1.82) is 0 Å². The zero-order chi connectivity index (χ0) is 26.3. The van der Waals surface area contributed by atoms with Gasteiger partial charge in [0.05, 0.1) is 6.67 Å². The lowest BCUT2D eigenvalue weighted by atomic mass is 9.86. The Kier molecular flexibility index (Phi) is 8.74. The van der Waals surface area contributed by atoms with Crippen molar-refractivity contribution in [2.75, 3.05) is 6.67 Å². The first-order chi connectivity index (χ1) is 18.7. The first-order valence-corrected chi connectivity index (χ1v) is 14.7. The lowest BCUT2D eigenvalue weighted by molar-refractivity contribution is 0.368. The first-order valence-electron chi connectivity index (χ1n) is 14.7. The van der Waals surface area contributed by atoms with Crippen LogP contribution in [0.4, 0.5) is 4.39 Å². The summed E-state index contributed by atoms with van der Waals surface area (Å²) in [5, 5.41) is 0. The topological polar surface area (TPSA) is 0 Å². The van der Waals surface area contributed by atoms with Crippen LogP contribution < -0.4 is 0 Å². The van der Waals surface area contributed by atoms with E-state index in [1.807, 2.05) is 0 Å². The summed E-state index contributed by atoms with van der Waals surface area (Å²) < 4.78 is 11.7. The third-order valence-corrected chi connectivity index (χ3v) is 8.32. The lowest BCUT2D eigenvalue weighted by Crippen LogP contribution is -1.96. The molecule has 0 aromatic heterocycles. The molecule has 3 aromatic rings. The summed E-state index contributed by atoms with van der Waals surface area (Å²) in [7, 11) is 0. The minimum Gasteiger partial charge on any atom is -0.251 e. The quantitative estimate of drug-likeness (QED) is 0.268. The Morgan fingerprint density at radius 2 is 1.58 bits per heavy atom. The van der Waals surface area contributed by atoms with E-state index in [2.05, 4.69) is 105 Å². The molecule has 1 saturated carbocycles. The van der Waals surface area contributed by atoms with E-state index in [-0.39, 0.29) is 6.67 Å². The van der Waals surface area contributed by atoms with Crippen LogP contribution in [0.2, 0.25) is 0 Å². The molecule has 1 heteroatoms. The van der Waals surface area contributed by atoms with Crippen LogP contribution in [0.5, 0.6) is 0 Å². The molecule has 38 heavy (non-hydrogen) atoms. The van der Waals surface area contributed by atoms with Crippen LogP contribution in [-0.4, -0.2) is 6.67 Å². The van der Waals surface area contributed by atoms with E-state index in [1.54, 1.807) is 0 Å². The van der Waals surface area contributed by atoms with Crippen LogP contribution in [0.15, 0.2) is 84.9 Å². The number of alkyl halides is 1. The highest BCUT2D eigenvalue weighted by Gasteiger charge is 2.25. The summed E-state index contributed by atoms with van der Waals surface area (Å²) in [6, 6.07) is 27.2. The van der Waals surface area contributed by atoms with E-state index in [9.17, 15) is 4.39 Å². The molecule has 0 N–H and O–H groups in total. The van der Waals surface area contributed by atoms with Gasteiger partial charge in [-0.1, -0.05) is 118 Å². The Labute approximate surface area is 229 Å². The van der Waals surface area contributed by atoms with Crippen LogP contribution >= 0.6 is 0 Å². The van der Waals surface area contributed by atoms with Crippen LogP contribution in [0.1, 0.15) is 92.2 Å². The number of benzene rings is 3. The van der Waals surface area contributed by atoms with Crippen molar-refractivity contribution in [3.05, 3.63) is 118 Å². The number of hydrogen-bond donors (Lipinski definition) is 0. The van der Waals surface area contributed by atoms with E-state index in [4.69, 9.17) is 0 Å². The predicted octanol–water partition coefficient (Wildman–Crippen LogP) is 10.6. The van der Waals surface area contributed by atoms with Gasteiger partial charge in [-0.05, 0) is 94.2 Å². The fourth-order valence-corrected chi connectivity index (χ4v) is 6.11. The maximum atomic E-state index is 11.7. The van der Waals surface area contributed by atoms with Gasteiger partial charge in [-0.3, -0.25) is 4.39 Å². The van der Waals surface area contributed by atoms with E-state index < -0.39 is 0 Å². The van der Waals surface area contributed by atoms with Crippen molar-refractivity contribution in [2.24, 2.45) is 11.8 Å². The van der Waals surface area contributed by atoms with Gasteiger partial charge < -0.3 is 0 Å². The summed E-state index contributed by atoms with van der Waals surface area (Å²) in [6.07, 6.45) is 16.3. The molecule has 0 radical (unpaired) electrons. The molecule has 0 aliphatic heterocycles. The molecule has 1 atom stereocenters. The second-order valence-corrected chi connectivity index (χ2v) is 11.0. The average Bonchev–Trinajstić information content (AvgIpc) is 3.32. The van der Waals surface area contributed by atoms with Crippen molar-refractivity contribution < 1.29 is 4.39 Å². The highest BCUT2D eigenvalue weighted by atomic mass is 19.1. The Morgan fingerprint density at radius 3 is 2.24 bits per heavy atom. The third kappa shape index (κ3) is 6.09. The molecule has 6 rings (SSSR count). The lowest BCUT2D eigenvalue weighted by Gasteiger charge is -2.17. The Morgan fingerprint density at radius 1 is 0.842 bits per heavy atom. The zero-order valence-corrected chi connectivity index (χ0v) is 23.1. The molecular weight excluding hydrogens is 463 g/mol. The summed E-state index contributed by atoms with van der Waals surface area (Å²) in [5.41, 5.74) is 12.4. The van der Waals surface area contributed by atoms with Gasteiger partial charge in [-0.25, -0.2) is 0 Å². The largest absolute Gasteiger partial charge is 0.251 e. The standard InChI is InChI=1S/C31H30.C6H11F/c1-3-9-27-21-30(27)24-15-17-25(18-16-24)31(29(4-2)23-10-6-5-7-11-23)28-19-14-22-12-8-13-26(22)20-28;7-5-6-3-1-2-4-6/h5-8,10-11,13-21,27H,3-4,9,12H2,1-2H3;6H,1-5H2/b31-29+;. The summed E-state index contributed by atoms with van der Waals surface area (Å²) in [6.45, 7) is 4.46. The van der Waals surface area contributed by atoms with Gasteiger partial charge in [-0.15, -0.1) is 0 Å². The van der Waals surface area contributed by atoms with Crippen molar-refractivity contribution in [3.63, 3.8) is 0 Å². The van der Waals surface area contributed by atoms with Gasteiger partial charge in [0.15, 0.2) is 0 Å². The second-order valence-electron chi connectivity index (χ2n) is 11.0. The minimum absolute atomic E-state index is 0.0833. The number of rotatable bonds is 8. The predicted molar refractivity (Wildman–Crippen MR) is 163 cm³/mol. The molecule has 0 heterocycles. The van der Waals surface area contributed by atoms with Crippen molar-refractivity contribution in [2.45, 2.75) is 65.2 Å². The summed E-state index contributed by atoms with van der Waals surface area (Å²) in [4.78, 5) is 0. The fourth-order valence-electron chi connectivity index (χ4n) is 6.11. The van der Waals surface area contributed by atoms with Gasteiger partial charge in [0.1, 0.15) is 0 Å². The van der Waals surface area contributed by atoms with E-state index in [0.717, 1.165) is 25.7 Å². The molecular formula is C37H41F. The normalized spacial score (nSPS) is 18.4. The highest BCUT2D eigenvalue weighted by molar-refractivity contribution is 5.99. The zero-order valence-electron chi connectivity index (χ0n) is 23.1. The SMILES string of the molecule is CCCC1C=C1c1ccc(/C(=C(/CC)c2ccccc2)c2ccc3c(c2)C=CC3)cc1.FCC1CCCC1. The van der Waals surface area contributed by atoms with Crippen LogP contribution in [0.25, 0.3) is 22.8 Å². The monoisotopic (exact) mass is 504 g/mol. The Bertz CT molecular complexity index is 1300. The van der Waals surface area contributed by atoms with Crippen molar-refractivity contribution in [1.82, 2.24) is 0 Å². The maximum absolute atomic E-state index is 11.7. The maximum Gasteiger partial charge on any atom is 0.0922 e. The molecule has 0 nitrogen and oxygen atoms in total. The number of fused-ring (bicyclic) bond motifs is 1. The molecule has 196 valence electrons. The molecule has 3 aromatic carbocycles. The molecule has 3 aliphatic carbocycles. The Hall–Kier alpha value is -3.19. The van der Waals surface area contributed by atoms with Crippen LogP contribution in [0, 0.1) is 11.8 Å².